The second kappa shape index (κ2) is 13.9. The average molecular weight is 455 g/mol. The Hall–Kier alpha value is -0.240. The van der Waals surface area contributed by atoms with Gasteiger partial charge in [0.15, 0.2) is 0 Å². The fourth-order valence-corrected chi connectivity index (χ4v) is 3.45. The molecule has 4 nitrogen and oxygen atoms in total. The Bertz CT molecular complexity index is 562. The number of sulfone groups is 1. The van der Waals surface area contributed by atoms with Gasteiger partial charge in [0, 0.05) is 17.3 Å². The zero-order valence-electron chi connectivity index (χ0n) is 15.7. The molecule has 0 fully saturated rings. The molecule has 0 atom stereocenters. The Kier molecular flexibility index (Phi) is 13.8. The third kappa shape index (κ3) is 13.6. The Balaban J connectivity index is 0.000000697. The molecule has 1 rings (SSSR count). The van der Waals surface area contributed by atoms with Crippen LogP contribution < -0.4 is 4.74 Å². The van der Waals surface area contributed by atoms with Crippen LogP contribution in [0.3, 0.4) is 0 Å². The quantitative estimate of drug-likeness (QED) is 0.530. The van der Waals surface area contributed by atoms with Crippen LogP contribution >= 0.6 is 27.7 Å². The lowest BCUT2D eigenvalue weighted by Gasteiger charge is -2.10. The van der Waals surface area contributed by atoms with E-state index in [1.54, 1.807) is 0 Å². The van der Waals surface area contributed by atoms with Crippen LogP contribution in [0.1, 0.15) is 36.8 Å². The highest BCUT2D eigenvalue weighted by Crippen LogP contribution is 2.26. The number of hydrogen-bond acceptors (Lipinski definition) is 5. The first-order valence-electron chi connectivity index (χ1n) is 8.38. The van der Waals surface area contributed by atoms with E-state index in [1.807, 2.05) is 37.7 Å². The summed E-state index contributed by atoms with van der Waals surface area (Å²) < 4.78 is 28.6. The maximum absolute atomic E-state index is 10.9. The van der Waals surface area contributed by atoms with E-state index in [1.165, 1.54) is 12.0 Å². The van der Waals surface area contributed by atoms with Crippen molar-refractivity contribution in [3.63, 3.8) is 0 Å². The smallest absolute Gasteiger partial charge is 0.147 e. The summed E-state index contributed by atoms with van der Waals surface area (Å²) in [6, 6.07) is 3.96. The third-order valence-electron chi connectivity index (χ3n) is 3.34. The van der Waals surface area contributed by atoms with Gasteiger partial charge in [-0.3, -0.25) is 0 Å². The molecule has 7 heteroatoms. The number of unbranched alkanes of at least 4 members (excludes halogenated alkanes) is 2. The van der Waals surface area contributed by atoms with Gasteiger partial charge in [-0.05, 0) is 74.8 Å². The first kappa shape index (κ1) is 24.8. The summed E-state index contributed by atoms with van der Waals surface area (Å²) in [5.74, 6) is 2.25. The van der Waals surface area contributed by atoms with Crippen molar-refractivity contribution in [3.05, 3.63) is 27.7 Å². The van der Waals surface area contributed by atoms with Crippen LogP contribution in [0.5, 0.6) is 5.75 Å². The Morgan fingerprint density at radius 2 is 1.72 bits per heavy atom. The van der Waals surface area contributed by atoms with Gasteiger partial charge in [-0.2, -0.15) is 11.8 Å². The molecule has 0 bridgehead atoms. The molecule has 25 heavy (non-hydrogen) atoms. The molecule has 1 N–H and O–H groups in total. The van der Waals surface area contributed by atoms with E-state index in [4.69, 9.17) is 9.84 Å². The van der Waals surface area contributed by atoms with E-state index in [-0.39, 0.29) is 5.75 Å². The molecular weight excluding hydrogens is 424 g/mol. The summed E-state index contributed by atoms with van der Waals surface area (Å²) in [5.41, 5.74) is 2.28. The van der Waals surface area contributed by atoms with Gasteiger partial charge in [0.1, 0.15) is 15.6 Å². The van der Waals surface area contributed by atoms with E-state index in [0.717, 1.165) is 40.6 Å². The van der Waals surface area contributed by atoms with Crippen molar-refractivity contribution < 1.29 is 18.3 Å². The summed E-state index contributed by atoms with van der Waals surface area (Å²) in [5, 5.41) is 8.28. The number of aliphatic hydroxyl groups excluding tert-OH is 1. The molecule has 0 aliphatic rings. The van der Waals surface area contributed by atoms with Crippen LogP contribution in [0.4, 0.5) is 0 Å². The van der Waals surface area contributed by atoms with E-state index in [0.29, 0.717) is 19.6 Å². The van der Waals surface area contributed by atoms with Gasteiger partial charge in [0.2, 0.25) is 0 Å². The number of ether oxygens (including phenoxy) is 1. The third-order valence-corrected chi connectivity index (χ3v) is 6.32. The molecule has 0 aliphatic carbocycles. The first-order chi connectivity index (χ1) is 11.7. The maximum atomic E-state index is 10.9. The lowest BCUT2D eigenvalue weighted by Crippen LogP contribution is -2.05. The summed E-state index contributed by atoms with van der Waals surface area (Å²) in [6.45, 7) is 4.94. The molecule has 0 unspecified atom stereocenters. The van der Waals surface area contributed by atoms with Gasteiger partial charge in [0.05, 0.1) is 12.4 Å². The van der Waals surface area contributed by atoms with E-state index in [9.17, 15) is 8.42 Å². The van der Waals surface area contributed by atoms with Crippen LogP contribution in [0.15, 0.2) is 16.6 Å². The summed E-state index contributed by atoms with van der Waals surface area (Å²) in [4.78, 5) is 0. The van der Waals surface area contributed by atoms with Crippen LogP contribution in [0.2, 0.25) is 0 Å². The number of thioether (sulfide) groups is 1. The molecule has 0 saturated carbocycles. The topological polar surface area (TPSA) is 63.6 Å². The predicted molar refractivity (Wildman–Crippen MR) is 113 cm³/mol. The molecular formula is C18H31BrO4S2. The van der Waals surface area contributed by atoms with Crippen molar-refractivity contribution in [2.24, 2.45) is 0 Å². The van der Waals surface area contributed by atoms with E-state index >= 15 is 0 Å². The summed E-state index contributed by atoms with van der Waals surface area (Å²) in [7, 11) is -2.85. The van der Waals surface area contributed by atoms with Crippen LogP contribution in [0.25, 0.3) is 0 Å². The van der Waals surface area contributed by atoms with Gasteiger partial charge >= 0.3 is 0 Å². The largest absolute Gasteiger partial charge is 0.494 e. The maximum Gasteiger partial charge on any atom is 0.147 e. The number of halogens is 1. The minimum absolute atomic E-state index is 0.231. The number of aryl methyl sites for hydroxylation is 2. The molecule has 1 aromatic rings. The van der Waals surface area contributed by atoms with E-state index in [2.05, 4.69) is 22.2 Å². The van der Waals surface area contributed by atoms with Crippen molar-refractivity contribution >= 4 is 37.5 Å². The molecule has 0 heterocycles. The highest BCUT2D eigenvalue weighted by molar-refractivity contribution is 9.10. The highest BCUT2D eigenvalue weighted by Gasteiger charge is 2.04. The monoisotopic (exact) mass is 454 g/mol. The van der Waals surface area contributed by atoms with Crippen LogP contribution in [-0.2, 0) is 9.84 Å². The Morgan fingerprint density at radius 3 is 2.20 bits per heavy atom. The lowest BCUT2D eigenvalue weighted by atomic mass is 10.1. The fraction of sp³-hybridized carbons (Fsp3) is 0.667. The van der Waals surface area contributed by atoms with Gasteiger partial charge < -0.3 is 9.84 Å². The van der Waals surface area contributed by atoms with Crippen molar-refractivity contribution in [2.75, 3.05) is 37.2 Å². The van der Waals surface area contributed by atoms with E-state index < -0.39 is 9.84 Å². The average Bonchev–Trinajstić information content (AvgIpc) is 2.52. The second-order valence-corrected chi connectivity index (χ2v) is 10.0. The second-order valence-electron chi connectivity index (χ2n) is 5.98. The zero-order chi connectivity index (χ0) is 19.3. The minimum Gasteiger partial charge on any atom is -0.494 e. The molecule has 146 valence electrons. The minimum atomic E-state index is -2.85. The molecule has 1 aromatic carbocycles. The van der Waals surface area contributed by atoms with Gasteiger partial charge in [-0.1, -0.05) is 15.9 Å². The molecule has 0 spiro atoms. The lowest BCUT2D eigenvalue weighted by molar-refractivity contribution is 0.287. The number of benzene rings is 1. The molecule has 0 amide bonds. The standard InChI is InChI=1S/C13H19BrO3S.C5H12OS/c1-10-8-12(9-11(2)13(10)14)17-6-4-5-7-18(3,15)16;1-7-5-3-2-4-6/h8-9H,4-7H2,1-3H3;6H,2-5H2,1H3. The Labute approximate surface area is 165 Å². The molecule has 0 saturated heterocycles. The number of rotatable bonds is 10. The van der Waals surface area contributed by atoms with Crippen LogP contribution in [-0.4, -0.2) is 50.8 Å². The molecule has 0 radical (unpaired) electrons. The van der Waals surface area contributed by atoms with Crippen molar-refractivity contribution in [3.8, 4) is 5.75 Å². The van der Waals surface area contributed by atoms with Crippen molar-refractivity contribution in [1.29, 1.82) is 0 Å². The SMILES string of the molecule is CSCCCCO.Cc1cc(OCCCCS(C)(=O)=O)cc(C)c1Br. The van der Waals surface area contributed by atoms with Crippen LogP contribution in [0, 0.1) is 13.8 Å². The summed E-state index contributed by atoms with van der Waals surface area (Å²) >= 11 is 5.34. The number of aliphatic hydroxyl groups is 1. The van der Waals surface area contributed by atoms with Crippen molar-refractivity contribution in [2.45, 2.75) is 39.5 Å². The summed E-state index contributed by atoms with van der Waals surface area (Å²) in [6.07, 6.45) is 6.85. The van der Waals surface area contributed by atoms with Gasteiger partial charge in [-0.25, -0.2) is 8.42 Å². The van der Waals surface area contributed by atoms with Gasteiger partial charge in [0.25, 0.3) is 0 Å². The zero-order valence-corrected chi connectivity index (χ0v) is 18.9. The Morgan fingerprint density at radius 1 is 1.12 bits per heavy atom. The van der Waals surface area contributed by atoms with Crippen molar-refractivity contribution in [1.82, 2.24) is 0 Å². The normalized spacial score (nSPS) is 11.0. The first-order valence-corrected chi connectivity index (χ1v) is 12.6. The molecule has 0 aliphatic heterocycles. The van der Waals surface area contributed by atoms with Gasteiger partial charge in [-0.15, -0.1) is 0 Å². The fourth-order valence-electron chi connectivity index (χ4n) is 2.00. The highest BCUT2D eigenvalue weighted by atomic mass is 79.9. The molecule has 0 aromatic heterocycles. The number of hydrogen-bond donors (Lipinski definition) is 1. The predicted octanol–water partition coefficient (Wildman–Crippen LogP) is 4.39.